The van der Waals surface area contributed by atoms with Gasteiger partial charge in [-0.3, -0.25) is 19.9 Å². The van der Waals surface area contributed by atoms with E-state index in [1.165, 1.54) is 7.11 Å². The highest BCUT2D eigenvalue weighted by molar-refractivity contribution is 6.08. The molecule has 2 heterocycles. The van der Waals surface area contributed by atoms with E-state index in [-0.39, 0.29) is 24.9 Å². The van der Waals surface area contributed by atoms with E-state index >= 15 is 0 Å². The molecular weight excluding hydrogens is 410 g/mol. The van der Waals surface area contributed by atoms with E-state index in [0.717, 1.165) is 10.9 Å². The topological polar surface area (TPSA) is 108 Å². The monoisotopic (exact) mass is 433 g/mol. The smallest absolute Gasteiger partial charge is 0.221 e. The summed E-state index contributed by atoms with van der Waals surface area (Å²) in [6, 6.07) is 14.6. The first-order chi connectivity index (χ1) is 15.5. The standard InChI is InChI=1S/C24H23N3O5/c1-15(16-6-4-3-5-7-16)26-22(28)12-17(14-27(29)30)18-8-9-21(31-2)24-23(18)19-13-25-11-10-20(19)32-24/h3-11,13,15,17H,12,14H2,1-2H3,(H,26,28). The highest BCUT2D eigenvalue weighted by Gasteiger charge is 2.27. The van der Waals surface area contributed by atoms with Crippen molar-refractivity contribution in [3.63, 3.8) is 0 Å². The van der Waals surface area contributed by atoms with Crippen molar-refractivity contribution in [1.82, 2.24) is 10.3 Å². The van der Waals surface area contributed by atoms with Crippen LogP contribution in [0, 0.1) is 10.1 Å². The molecule has 4 rings (SSSR count). The van der Waals surface area contributed by atoms with Crippen molar-refractivity contribution in [3.05, 3.63) is 82.2 Å². The van der Waals surface area contributed by atoms with Gasteiger partial charge in [0.25, 0.3) is 0 Å². The van der Waals surface area contributed by atoms with Crippen molar-refractivity contribution in [2.75, 3.05) is 13.7 Å². The van der Waals surface area contributed by atoms with Crippen LogP contribution in [0.4, 0.5) is 0 Å². The minimum Gasteiger partial charge on any atom is -0.493 e. The lowest BCUT2D eigenvalue weighted by molar-refractivity contribution is -0.483. The van der Waals surface area contributed by atoms with Crippen molar-refractivity contribution < 1.29 is 18.9 Å². The Morgan fingerprint density at radius 1 is 1.22 bits per heavy atom. The summed E-state index contributed by atoms with van der Waals surface area (Å²) in [6.07, 6.45) is 3.24. The lowest BCUT2D eigenvalue weighted by Crippen LogP contribution is -2.29. The number of fused-ring (bicyclic) bond motifs is 3. The van der Waals surface area contributed by atoms with E-state index in [0.29, 0.717) is 27.9 Å². The number of ether oxygens (including phenoxy) is 1. The number of carbonyl (C=O) groups excluding carboxylic acids is 1. The number of amides is 1. The van der Waals surface area contributed by atoms with E-state index in [4.69, 9.17) is 9.15 Å². The lowest BCUT2D eigenvalue weighted by Gasteiger charge is -2.18. The molecule has 0 aliphatic heterocycles. The van der Waals surface area contributed by atoms with Crippen molar-refractivity contribution in [3.8, 4) is 5.75 Å². The largest absolute Gasteiger partial charge is 0.493 e. The number of nitrogens with one attached hydrogen (secondary N) is 1. The summed E-state index contributed by atoms with van der Waals surface area (Å²) in [5, 5.41) is 15.8. The zero-order valence-electron chi connectivity index (χ0n) is 17.8. The molecule has 2 aromatic carbocycles. The fraction of sp³-hybridized carbons (Fsp3) is 0.250. The van der Waals surface area contributed by atoms with Crippen molar-refractivity contribution in [2.24, 2.45) is 0 Å². The first-order valence-electron chi connectivity index (χ1n) is 10.3. The zero-order chi connectivity index (χ0) is 22.7. The minimum absolute atomic E-state index is 0.0352. The molecule has 1 N–H and O–H groups in total. The molecule has 4 aromatic rings. The van der Waals surface area contributed by atoms with Gasteiger partial charge in [-0.2, -0.15) is 0 Å². The third kappa shape index (κ3) is 4.25. The molecule has 0 radical (unpaired) electrons. The molecule has 2 unspecified atom stereocenters. The van der Waals surface area contributed by atoms with Gasteiger partial charge in [0.2, 0.25) is 12.5 Å². The van der Waals surface area contributed by atoms with Gasteiger partial charge in [-0.25, -0.2) is 0 Å². The van der Waals surface area contributed by atoms with Crippen LogP contribution in [0.2, 0.25) is 0 Å². The van der Waals surface area contributed by atoms with Gasteiger partial charge in [0.1, 0.15) is 5.58 Å². The molecule has 0 saturated heterocycles. The van der Waals surface area contributed by atoms with Gasteiger partial charge in [0.15, 0.2) is 11.3 Å². The number of benzene rings is 2. The lowest BCUT2D eigenvalue weighted by atomic mass is 9.91. The summed E-state index contributed by atoms with van der Waals surface area (Å²) in [7, 11) is 1.53. The van der Waals surface area contributed by atoms with Crippen LogP contribution in [0.5, 0.6) is 5.75 Å². The Hall–Kier alpha value is -3.94. The van der Waals surface area contributed by atoms with E-state index in [1.54, 1.807) is 30.6 Å². The average Bonchev–Trinajstić information content (AvgIpc) is 3.18. The summed E-state index contributed by atoms with van der Waals surface area (Å²) < 4.78 is 11.4. The predicted octanol–water partition coefficient (Wildman–Crippen LogP) is 4.62. The van der Waals surface area contributed by atoms with Gasteiger partial charge in [0, 0.05) is 34.5 Å². The molecule has 8 heteroatoms. The number of carbonyl (C=O) groups is 1. The van der Waals surface area contributed by atoms with Gasteiger partial charge in [-0.05, 0) is 30.2 Å². The molecule has 32 heavy (non-hydrogen) atoms. The van der Waals surface area contributed by atoms with Crippen molar-refractivity contribution in [2.45, 2.75) is 25.3 Å². The van der Waals surface area contributed by atoms with Crippen molar-refractivity contribution in [1.29, 1.82) is 0 Å². The second kappa shape index (κ2) is 9.05. The van der Waals surface area contributed by atoms with Crippen LogP contribution in [-0.2, 0) is 4.79 Å². The van der Waals surface area contributed by atoms with Gasteiger partial charge in [0.05, 0.1) is 19.1 Å². The number of hydrogen-bond acceptors (Lipinski definition) is 6. The molecule has 2 aromatic heterocycles. The first kappa shape index (κ1) is 21.3. The summed E-state index contributed by atoms with van der Waals surface area (Å²) in [6.45, 7) is 1.50. The summed E-state index contributed by atoms with van der Waals surface area (Å²) in [4.78, 5) is 28.1. The predicted molar refractivity (Wildman–Crippen MR) is 120 cm³/mol. The molecule has 164 valence electrons. The number of nitro groups is 1. The van der Waals surface area contributed by atoms with Gasteiger partial charge < -0.3 is 14.5 Å². The van der Waals surface area contributed by atoms with E-state index < -0.39 is 10.8 Å². The Bertz CT molecular complexity index is 1270. The fourth-order valence-corrected chi connectivity index (χ4v) is 4.03. The number of hydrogen-bond donors (Lipinski definition) is 1. The molecule has 1 amide bonds. The highest BCUT2D eigenvalue weighted by atomic mass is 16.6. The molecule has 0 aliphatic carbocycles. The maximum absolute atomic E-state index is 12.9. The number of rotatable bonds is 8. The summed E-state index contributed by atoms with van der Waals surface area (Å²) in [5.41, 5.74) is 2.71. The Morgan fingerprint density at radius 2 is 2.00 bits per heavy atom. The molecule has 0 aliphatic rings. The molecule has 0 bridgehead atoms. The Kier molecular flexibility index (Phi) is 6.02. The maximum atomic E-state index is 12.9. The normalized spacial score (nSPS) is 13.1. The average molecular weight is 433 g/mol. The van der Waals surface area contributed by atoms with Gasteiger partial charge >= 0.3 is 0 Å². The summed E-state index contributed by atoms with van der Waals surface area (Å²) >= 11 is 0. The number of furan rings is 1. The van der Waals surface area contributed by atoms with Gasteiger partial charge in [-0.15, -0.1) is 0 Å². The van der Waals surface area contributed by atoms with E-state index in [9.17, 15) is 14.9 Å². The molecule has 0 spiro atoms. The molecule has 0 saturated carbocycles. The number of methoxy groups -OCH3 is 1. The zero-order valence-corrected chi connectivity index (χ0v) is 17.8. The van der Waals surface area contributed by atoms with Crippen LogP contribution in [0.25, 0.3) is 21.9 Å². The van der Waals surface area contributed by atoms with E-state index in [2.05, 4.69) is 10.3 Å². The Morgan fingerprint density at radius 3 is 2.72 bits per heavy atom. The highest BCUT2D eigenvalue weighted by Crippen LogP contribution is 2.40. The third-order valence-electron chi connectivity index (χ3n) is 5.55. The third-order valence-corrected chi connectivity index (χ3v) is 5.55. The maximum Gasteiger partial charge on any atom is 0.221 e. The molecule has 2 atom stereocenters. The van der Waals surface area contributed by atoms with Crippen LogP contribution < -0.4 is 10.1 Å². The van der Waals surface area contributed by atoms with Crippen LogP contribution in [0.1, 0.15) is 36.4 Å². The SMILES string of the molecule is COc1ccc(C(CC(=O)NC(C)c2ccccc2)C[N+](=O)[O-])c2c1oc1ccncc12. The molecule has 0 fully saturated rings. The number of aromatic nitrogens is 1. The molecule has 8 nitrogen and oxygen atoms in total. The van der Waals surface area contributed by atoms with Crippen LogP contribution in [-0.4, -0.2) is 29.5 Å². The van der Waals surface area contributed by atoms with Crippen LogP contribution in [0.3, 0.4) is 0 Å². The van der Waals surface area contributed by atoms with E-state index in [1.807, 2.05) is 37.3 Å². The number of nitrogens with zero attached hydrogens (tertiary/aromatic N) is 2. The summed E-state index contributed by atoms with van der Waals surface area (Å²) in [5.74, 6) is -0.396. The fourth-order valence-electron chi connectivity index (χ4n) is 4.03. The number of pyridine rings is 1. The van der Waals surface area contributed by atoms with Crippen molar-refractivity contribution >= 4 is 27.8 Å². The van der Waals surface area contributed by atoms with Crippen LogP contribution in [0.15, 0.2) is 65.3 Å². The first-order valence-corrected chi connectivity index (χ1v) is 10.3. The second-order valence-electron chi connectivity index (χ2n) is 7.65. The van der Waals surface area contributed by atoms with Gasteiger partial charge in [-0.1, -0.05) is 36.4 Å². The minimum atomic E-state index is -0.651. The Balaban J connectivity index is 1.70. The second-order valence-corrected chi connectivity index (χ2v) is 7.65. The van der Waals surface area contributed by atoms with Crippen LogP contribution >= 0.6 is 0 Å². The quantitative estimate of drug-likeness (QED) is 0.321. The molecular formula is C24H23N3O5. The Labute approximate surface area is 184 Å².